The van der Waals surface area contributed by atoms with Gasteiger partial charge in [0.25, 0.3) is 0 Å². The van der Waals surface area contributed by atoms with Crippen LogP contribution in [-0.2, 0) is 9.53 Å². The molecule has 1 heterocycles. The smallest absolute Gasteiger partial charge is 0.323 e. The molecule has 1 aliphatic heterocycles. The van der Waals surface area contributed by atoms with E-state index < -0.39 is 0 Å². The minimum atomic E-state index is -0.0548. The Hall–Kier alpha value is -0.280. The monoisotopic (exact) mass is 261 g/mol. The highest BCUT2D eigenvalue weighted by Crippen LogP contribution is 2.34. The highest BCUT2D eigenvalue weighted by Gasteiger charge is 2.34. The molecule has 0 amide bonds. The predicted octanol–water partition coefficient (Wildman–Crippen LogP) is 2.53. The van der Waals surface area contributed by atoms with Crippen molar-refractivity contribution in [3.63, 3.8) is 0 Å². The van der Waals surface area contributed by atoms with E-state index in [1.807, 2.05) is 6.92 Å². The molecule has 2 rings (SSSR count). The third-order valence-corrected chi connectivity index (χ3v) is 4.05. The summed E-state index contributed by atoms with van der Waals surface area (Å²) in [6.07, 6.45) is 7.88. The molecule has 0 unspecified atom stereocenters. The zero-order valence-corrected chi connectivity index (χ0v) is 11.4. The molecule has 0 aromatic carbocycles. The van der Waals surface area contributed by atoms with Gasteiger partial charge in [-0.3, -0.25) is 4.79 Å². The lowest BCUT2D eigenvalue weighted by Crippen LogP contribution is -2.32. The summed E-state index contributed by atoms with van der Waals surface area (Å²) in [4.78, 5) is 11.6. The lowest BCUT2D eigenvalue weighted by Gasteiger charge is -2.26. The number of nitrogens with one attached hydrogen (secondary N) is 1. The van der Waals surface area contributed by atoms with Crippen LogP contribution >= 0.6 is 12.4 Å². The van der Waals surface area contributed by atoms with Gasteiger partial charge >= 0.3 is 5.97 Å². The maximum atomic E-state index is 11.6. The Kier molecular flexibility index (Phi) is 6.28. The molecule has 4 heteroatoms. The first-order valence-electron chi connectivity index (χ1n) is 6.71. The molecule has 17 heavy (non-hydrogen) atoms. The Morgan fingerprint density at radius 3 is 2.59 bits per heavy atom. The zero-order valence-electron chi connectivity index (χ0n) is 10.6. The van der Waals surface area contributed by atoms with Crippen molar-refractivity contribution >= 4 is 18.4 Å². The van der Waals surface area contributed by atoms with Gasteiger partial charge in [0.15, 0.2) is 0 Å². The van der Waals surface area contributed by atoms with E-state index in [-0.39, 0.29) is 24.4 Å². The van der Waals surface area contributed by atoms with Crippen LogP contribution in [0.15, 0.2) is 0 Å². The summed E-state index contributed by atoms with van der Waals surface area (Å²) in [7, 11) is 0. The van der Waals surface area contributed by atoms with Crippen LogP contribution in [0, 0.1) is 11.8 Å². The van der Waals surface area contributed by atoms with Crippen molar-refractivity contribution < 1.29 is 9.53 Å². The number of rotatable bonds is 3. The lowest BCUT2D eigenvalue weighted by atomic mass is 9.79. The van der Waals surface area contributed by atoms with Gasteiger partial charge in [0.2, 0.25) is 0 Å². The second-order valence-electron chi connectivity index (χ2n) is 5.11. The normalized spacial score (nSPS) is 29.7. The number of esters is 1. The van der Waals surface area contributed by atoms with Crippen molar-refractivity contribution in [3.8, 4) is 0 Å². The summed E-state index contributed by atoms with van der Waals surface area (Å²) in [5.41, 5.74) is 0. The van der Waals surface area contributed by atoms with Crippen molar-refractivity contribution in [2.45, 2.75) is 51.5 Å². The van der Waals surface area contributed by atoms with Crippen molar-refractivity contribution in [2.75, 3.05) is 13.2 Å². The van der Waals surface area contributed by atoms with Gasteiger partial charge < -0.3 is 10.1 Å². The molecule has 0 aromatic rings. The van der Waals surface area contributed by atoms with E-state index in [4.69, 9.17) is 4.74 Å². The van der Waals surface area contributed by atoms with Gasteiger partial charge in [0.1, 0.15) is 6.04 Å². The second kappa shape index (κ2) is 7.22. The highest BCUT2D eigenvalue weighted by atomic mass is 35.5. The van der Waals surface area contributed by atoms with Gasteiger partial charge in [-0.25, -0.2) is 0 Å². The Labute approximate surface area is 110 Å². The molecule has 0 bridgehead atoms. The molecular weight excluding hydrogens is 238 g/mol. The van der Waals surface area contributed by atoms with Crippen molar-refractivity contribution in [1.29, 1.82) is 0 Å². The Balaban J connectivity index is 0.00000144. The Morgan fingerprint density at radius 2 is 1.94 bits per heavy atom. The molecule has 0 radical (unpaired) electrons. The quantitative estimate of drug-likeness (QED) is 0.794. The SMILES string of the molecule is CCOC(=O)[C@@H]1C[C@@H](C2CCCCC2)CN1.Cl. The summed E-state index contributed by atoms with van der Waals surface area (Å²) in [5.74, 6) is 1.50. The molecule has 0 spiro atoms. The van der Waals surface area contributed by atoms with Gasteiger partial charge in [-0.15, -0.1) is 12.4 Å². The summed E-state index contributed by atoms with van der Waals surface area (Å²) >= 11 is 0. The third-order valence-electron chi connectivity index (χ3n) is 4.05. The standard InChI is InChI=1S/C13H23NO2.ClH/c1-2-16-13(15)12-8-11(9-14-12)10-6-4-3-5-7-10;/h10-12,14H,2-9H2,1H3;1H/t11-,12+;/m1./s1. The molecule has 0 aromatic heterocycles. The number of ether oxygens (including phenoxy) is 1. The topological polar surface area (TPSA) is 38.3 Å². The first-order chi connectivity index (χ1) is 7.81. The largest absolute Gasteiger partial charge is 0.465 e. The first kappa shape index (κ1) is 14.8. The van der Waals surface area contributed by atoms with Crippen molar-refractivity contribution in [1.82, 2.24) is 5.32 Å². The van der Waals surface area contributed by atoms with Gasteiger partial charge in [-0.1, -0.05) is 32.1 Å². The molecular formula is C13H24ClNO2. The van der Waals surface area contributed by atoms with Gasteiger partial charge in [-0.05, 0) is 31.7 Å². The van der Waals surface area contributed by atoms with E-state index in [9.17, 15) is 4.79 Å². The van der Waals surface area contributed by atoms with Crippen LogP contribution in [0.3, 0.4) is 0 Å². The minimum Gasteiger partial charge on any atom is -0.465 e. The Morgan fingerprint density at radius 1 is 1.24 bits per heavy atom. The average molecular weight is 262 g/mol. The molecule has 2 aliphatic rings. The minimum absolute atomic E-state index is 0. The molecule has 2 atom stereocenters. The summed E-state index contributed by atoms with van der Waals surface area (Å²) in [6.45, 7) is 3.37. The van der Waals surface area contributed by atoms with E-state index in [0.717, 1.165) is 18.9 Å². The fourth-order valence-corrected chi connectivity index (χ4v) is 3.15. The molecule has 3 nitrogen and oxygen atoms in total. The first-order valence-corrected chi connectivity index (χ1v) is 6.71. The van der Waals surface area contributed by atoms with Gasteiger partial charge in [0.05, 0.1) is 6.61 Å². The van der Waals surface area contributed by atoms with Crippen LogP contribution in [-0.4, -0.2) is 25.2 Å². The molecule has 100 valence electrons. The summed E-state index contributed by atoms with van der Waals surface area (Å²) < 4.78 is 5.06. The van der Waals surface area contributed by atoms with E-state index in [2.05, 4.69) is 5.32 Å². The van der Waals surface area contributed by atoms with Gasteiger partial charge in [-0.2, -0.15) is 0 Å². The fourth-order valence-electron chi connectivity index (χ4n) is 3.15. The van der Waals surface area contributed by atoms with Crippen LogP contribution < -0.4 is 5.32 Å². The van der Waals surface area contributed by atoms with E-state index in [0.29, 0.717) is 12.5 Å². The third kappa shape index (κ3) is 3.85. The Bertz CT molecular complexity index is 242. The number of halogens is 1. The number of hydrogen-bond donors (Lipinski definition) is 1. The zero-order chi connectivity index (χ0) is 11.4. The van der Waals surface area contributed by atoms with E-state index >= 15 is 0 Å². The summed E-state index contributed by atoms with van der Waals surface area (Å²) in [5, 5.41) is 3.31. The van der Waals surface area contributed by atoms with Crippen LogP contribution in [0.1, 0.15) is 45.4 Å². The average Bonchev–Trinajstić information content (AvgIpc) is 2.80. The fraction of sp³-hybridized carbons (Fsp3) is 0.923. The highest BCUT2D eigenvalue weighted by molar-refractivity contribution is 5.85. The van der Waals surface area contributed by atoms with E-state index in [1.165, 1.54) is 32.1 Å². The summed E-state index contributed by atoms with van der Waals surface area (Å²) in [6, 6.07) is -0.0353. The lowest BCUT2D eigenvalue weighted by molar-refractivity contribution is -0.145. The molecule has 1 saturated heterocycles. The number of carbonyl (C=O) groups is 1. The van der Waals surface area contributed by atoms with Crippen LogP contribution in [0.5, 0.6) is 0 Å². The number of carbonyl (C=O) groups excluding carboxylic acids is 1. The van der Waals surface area contributed by atoms with Crippen LogP contribution in [0.25, 0.3) is 0 Å². The van der Waals surface area contributed by atoms with Crippen molar-refractivity contribution in [3.05, 3.63) is 0 Å². The van der Waals surface area contributed by atoms with Crippen LogP contribution in [0.2, 0.25) is 0 Å². The maximum absolute atomic E-state index is 11.6. The predicted molar refractivity (Wildman–Crippen MR) is 70.4 cm³/mol. The van der Waals surface area contributed by atoms with Gasteiger partial charge in [0, 0.05) is 0 Å². The second-order valence-corrected chi connectivity index (χ2v) is 5.11. The molecule has 1 saturated carbocycles. The van der Waals surface area contributed by atoms with Crippen molar-refractivity contribution in [2.24, 2.45) is 11.8 Å². The van der Waals surface area contributed by atoms with Crippen LogP contribution in [0.4, 0.5) is 0 Å². The molecule has 1 N–H and O–H groups in total. The maximum Gasteiger partial charge on any atom is 0.323 e. The number of hydrogen-bond acceptors (Lipinski definition) is 3. The molecule has 1 aliphatic carbocycles. The molecule has 2 fully saturated rings. The van der Waals surface area contributed by atoms with E-state index in [1.54, 1.807) is 0 Å².